The van der Waals surface area contributed by atoms with Crippen molar-refractivity contribution in [1.82, 2.24) is 14.9 Å². The van der Waals surface area contributed by atoms with Gasteiger partial charge in [0.2, 0.25) is 4.77 Å². The van der Waals surface area contributed by atoms with Crippen LogP contribution in [0.2, 0.25) is 0 Å². The molecule has 7 heteroatoms. The maximum Gasteiger partial charge on any atom is 0.216 e. The molecule has 1 N–H and O–H groups in total. The van der Waals surface area contributed by atoms with Crippen molar-refractivity contribution in [3.63, 3.8) is 0 Å². The van der Waals surface area contributed by atoms with E-state index in [9.17, 15) is 4.39 Å². The molecule has 0 aliphatic carbocycles. The minimum Gasteiger partial charge on any atom is -0.250 e. The van der Waals surface area contributed by atoms with Crippen LogP contribution in [0.3, 0.4) is 0 Å². The monoisotopic (exact) mass is 328 g/mol. The molecule has 0 aliphatic rings. The van der Waals surface area contributed by atoms with Crippen LogP contribution >= 0.6 is 28.1 Å². The molecule has 0 atom stereocenters. The normalized spacial score (nSPS) is 11.3. The van der Waals surface area contributed by atoms with Crippen molar-refractivity contribution in [1.29, 1.82) is 0 Å². The van der Waals surface area contributed by atoms with E-state index >= 15 is 0 Å². The highest BCUT2D eigenvalue weighted by molar-refractivity contribution is 9.10. The molecular weight excluding hydrogens is 319 g/mol. The van der Waals surface area contributed by atoms with Crippen LogP contribution in [0.5, 0.6) is 0 Å². The fraction of sp³-hybridized carbons (Fsp3) is 0.182. The number of rotatable bonds is 3. The topological polar surface area (TPSA) is 46.0 Å². The van der Waals surface area contributed by atoms with Gasteiger partial charge in [-0.3, -0.25) is 5.10 Å². The van der Waals surface area contributed by atoms with Crippen molar-refractivity contribution < 1.29 is 4.39 Å². The molecule has 0 unspecified atom stereocenters. The van der Waals surface area contributed by atoms with Gasteiger partial charge in [0.05, 0.1) is 6.21 Å². The molecule has 0 bridgehead atoms. The van der Waals surface area contributed by atoms with Gasteiger partial charge in [0, 0.05) is 16.5 Å². The predicted molar refractivity (Wildman–Crippen MR) is 73.9 cm³/mol. The highest BCUT2D eigenvalue weighted by Crippen LogP contribution is 2.14. The van der Waals surface area contributed by atoms with E-state index in [1.807, 2.05) is 6.92 Å². The first-order valence-corrected chi connectivity index (χ1v) is 6.47. The summed E-state index contributed by atoms with van der Waals surface area (Å²) in [5.74, 6) is 0.363. The summed E-state index contributed by atoms with van der Waals surface area (Å²) in [6.45, 7) is 1.94. The molecule has 2 rings (SSSR count). The standard InChI is InChI=1S/C11H10BrFN4S/c1-2-10-15-16-11(18)17(10)14-6-7-5-8(12)3-4-9(7)13/h3-6H,2H2,1H3,(H,16,18)/b14-6-. The Hall–Kier alpha value is -1.34. The molecule has 94 valence electrons. The van der Waals surface area contributed by atoms with E-state index in [4.69, 9.17) is 12.2 Å². The smallest absolute Gasteiger partial charge is 0.216 e. The lowest BCUT2D eigenvalue weighted by molar-refractivity contribution is 0.625. The summed E-state index contributed by atoms with van der Waals surface area (Å²) in [6, 6.07) is 4.66. The van der Waals surface area contributed by atoms with Crippen LogP contribution in [0.4, 0.5) is 4.39 Å². The zero-order valence-corrected chi connectivity index (χ0v) is 11.9. The van der Waals surface area contributed by atoms with Crippen molar-refractivity contribution in [2.75, 3.05) is 0 Å². The molecule has 0 spiro atoms. The number of nitrogens with zero attached hydrogens (tertiary/aromatic N) is 3. The quantitative estimate of drug-likeness (QED) is 0.694. The number of halogens is 2. The number of aryl methyl sites for hydroxylation is 1. The maximum atomic E-state index is 13.5. The molecule has 1 heterocycles. The van der Waals surface area contributed by atoms with Gasteiger partial charge in [-0.2, -0.15) is 14.9 Å². The second-order valence-electron chi connectivity index (χ2n) is 3.52. The van der Waals surface area contributed by atoms with E-state index < -0.39 is 0 Å². The number of aromatic amines is 1. The molecule has 18 heavy (non-hydrogen) atoms. The van der Waals surface area contributed by atoms with Crippen molar-refractivity contribution >= 4 is 34.4 Å². The van der Waals surface area contributed by atoms with Gasteiger partial charge in [-0.1, -0.05) is 22.9 Å². The minimum atomic E-state index is -0.338. The van der Waals surface area contributed by atoms with Crippen molar-refractivity contribution in [3.05, 3.63) is 44.6 Å². The SMILES string of the molecule is CCc1n[nH]c(=S)n1/N=C\c1cc(Br)ccc1F. The van der Waals surface area contributed by atoms with Crippen molar-refractivity contribution in [2.24, 2.45) is 5.10 Å². The van der Waals surface area contributed by atoms with Crippen LogP contribution in [0, 0.1) is 10.6 Å². The van der Waals surface area contributed by atoms with Gasteiger partial charge in [0.1, 0.15) is 5.82 Å². The molecular formula is C11H10BrFN4S. The number of H-pyrrole nitrogens is 1. The lowest BCUT2D eigenvalue weighted by Gasteiger charge is -1.99. The van der Waals surface area contributed by atoms with E-state index in [1.54, 1.807) is 12.1 Å². The molecule has 0 saturated carbocycles. The summed E-state index contributed by atoms with van der Waals surface area (Å²) in [7, 11) is 0. The fourth-order valence-electron chi connectivity index (χ4n) is 1.41. The third kappa shape index (κ3) is 2.73. The first-order valence-electron chi connectivity index (χ1n) is 5.27. The first-order chi connectivity index (χ1) is 8.61. The van der Waals surface area contributed by atoms with Crippen LogP contribution in [-0.4, -0.2) is 21.1 Å². The number of aromatic nitrogens is 3. The largest absolute Gasteiger partial charge is 0.250 e. The lowest BCUT2D eigenvalue weighted by Crippen LogP contribution is -1.98. The average Bonchev–Trinajstić information content (AvgIpc) is 2.71. The Morgan fingerprint density at radius 2 is 2.39 bits per heavy atom. The summed E-state index contributed by atoms with van der Waals surface area (Å²) in [5, 5.41) is 10.8. The first kappa shape index (κ1) is 13.1. The Labute approximate surface area is 117 Å². The van der Waals surface area contributed by atoms with Gasteiger partial charge in [0.25, 0.3) is 0 Å². The molecule has 4 nitrogen and oxygen atoms in total. The molecule has 0 radical (unpaired) electrons. The number of nitrogens with one attached hydrogen (secondary N) is 1. The van der Waals surface area contributed by atoms with Crippen LogP contribution in [0.25, 0.3) is 0 Å². The molecule has 0 amide bonds. The molecule has 0 fully saturated rings. The molecule has 1 aromatic heterocycles. The number of benzene rings is 1. The van der Waals surface area contributed by atoms with Crippen LogP contribution < -0.4 is 0 Å². The molecule has 2 aromatic rings. The van der Waals surface area contributed by atoms with Gasteiger partial charge in [-0.05, 0) is 30.4 Å². The van der Waals surface area contributed by atoms with E-state index in [1.165, 1.54) is 17.0 Å². The summed E-state index contributed by atoms with van der Waals surface area (Å²) in [4.78, 5) is 0. The maximum absolute atomic E-state index is 13.5. The zero-order chi connectivity index (χ0) is 13.1. The molecule has 0 aliphatic heterocycles. The number of hydrogen-bond acceptors (Lipinski definition) is 3. The third-order valence-electron chi connectivity index (χ3n) is 2.30. The Bertz CT molecular complexity index is 647. The van der Waals surface area contributed by atoms with Gasteiger partial charge in [-0.25, -0.2) is 4.39 Å². The van der Waals surface area contributed by atoms with Gasteiger partial charge < -0.3 is 0 Å². The van der Waals surface area contributed by atoms with Gasteiger partial charge >= 0.3 is 0 Å². The van der Waals surface area contributed by atoms with Crippen LogP contribution in [0.1, 0.15) is 18.3 Å². The van der Waals surface area contributed by atoms with E-state index in [2.05, 4.69) is 31.2 Å². The van der Waals surface area contributed by atoms with Crippen LogP contribution in [0.15, 0.2) is 27.8 Å². The Kier molecular flexibility index (Phi) is 4.03. The third-order valence-corrected chi connectivity index (χ3v) is 3.06. The summed E-state index contributed by atoms with van der Waals surface area (Å²) in [6.07, 6.45) is 2.11. The average molecular weight is 329 g/mol. The predicted octanol–water partition coefficient (Wildman–Crippen LogP) is 3.29. The summed E-state index contributed by atoms with van der Waals surface area (Å²) in [5.41, 5.74) is 0.384. The highest BCUT2D eigenvalue weighted by Gasteiger charge is 2.03. The zero-order valence-electron chi connectivity index (χ0n) is 9.52. The summed E-state index contributed by atoms with van der Waals surface area (Å²) < 4.78 is 16.2. The van der Waals surface area contributed by atoms with Crippen LogP contribution in [-0.2, 0) is 6.42 Å². The van der Waals surface area contributed by atoms with E-state index in [0.717, 1.165) is 4.47 Å². The number of hydrogen-bond donors (Lipinski definition) is 1. The Balaban J connectivity index is 2.38. The van der Waals surface area contributed by atoms with Gasteiger partial charge in [-0.15, -0.1) is 0 Å². The second-order valence-corrected chi connectivity index (χ2v) is 4.82. The highest BCUT2D eigenvalue weighted by atomic mass is 79.9. The van der Waals surface area contributed by atoms with Gasteiger partial charge in [0.15, 0.2) is 5.82 Å². The minimum absolute atomic E-state index is 0.338. The van der Waals surface area contributed by atoms with Crippen molar-refractivity contribution in [3.8, 4) is 0 Å². The Morgan fingerprint density at radius 3 is 3.11 bits per heavy atom. The van der Waals surface area contributed by atoms with E-state index in [-0.39, 0.29) is 5.82 Å². The second kappa shape index (κ2) is 5.53. The molecule has 1 aromatic carbocycles. The lowest BCUT2D eigenvalue weighted by atomic mass is 10.2. The summed E-state index contributed by atoms with van der Waals surface area (Å²) >= 11 is 8.32. The Morgan fingerprint density at radius 1 is 1.61 bits per heavy atom. The fourth-order valence-corrected chi connectivity index (χ4v) is 1.98. The van der Waals surface area contributed by atoms with E-state index in [0.29, 0.717) is 22.6 Å². The molecule has 0 saturated heterocycles. The van der Waals surface area contributed by atoms with Crippen molar-refractivity contribution in [2.45, 2.75) is 13.3 Å².